The lowest BCUT2D eigenvalue weighted by Crippen LogP contribution is -2.23. The van der Waals surface area contributed by atoms with Gasteiger partial charge in [0.15, 0.2) is 5.82 Å². The van der Waals surface area contributed by atoms with Crippen molar-refractivity contribution < 1.29 is 13.2 Å². The van der Waals surface area contributed by atoms with Crippen LogP contribution in [0, 0.1) is 0 Å². The molecule has 108 valence electrons. The van der Waals surface area contributed by atoms with Crippen molar-refractivity contribution in [1.29, 1.82) is 0 Å². The molecule has 2 rings (SSSR count). The van der Waals surface area contributed by atoms with Crippen LogP contribution in [0.15, 0.2) is 24.3 Å². The third-order valence-electron chi connectivity index (χ3n) is 2.99. The molecule has 2 aromatic rings. The second kappa shape index (κ2) is 5.58. The largest absolute Gasteiger partial charge is 0.416 e. The van der Waals surface area contributed by atoms with E-state index in [0.717, 1.165) is 17.7 Å². The van der Waals surface area contributed by atoms with Gasteiger partial charge in [0.2, 0.25) is 0 Å². The Morgan fingerprint density at radius 2 is 1.75 bits per heavy atom. The molecule has 20 heavy (non-hydrogen) atoms. The molecule has 2 atom stereocenters. The van der Waals surface area contributed by atoms with Crippen molar-refractivity contribution in [3.63, 3.8) is 0 Å². The van der Waals surface area contributed by atoms with Gasteiger partial charge in [0.05, 0.1) is 11.6 Å². The molecule has 0 fully saturated rings. The highest BCUT2D eigenvalue weighted by Crippen LogP contribution is 2.30. The maximum Gasteiger partial charge on any atom is 0.416 e. The fraction of sp³-hybridized carbons (Fsp3) is 0.417. The van der Waals surface area contributed by atoms with Gasteiger partial charge >= 0.3 is 6.18 Å². The summed E-state index contributed by atoms with van der Waals surface area (Å²) >= 11 is 0. The first-order chi connectivity index (χ1) is 9.38. The molecule has 0 aliphatic rings. The molecule has 0 bridgehead atoms. The molecule has 1 heterocycles. The molecular formula is C12H14F3N5. The van der Waals surface area contributed by atoms with Gasteiger partial charge in [-0.2, -0.15) is 18.4 Å². The van der Waals surface area contributed by atoms with E-state index in [1.165, 1.54) is 12.1 Å². The molecule has 0 saturated heterocycles. The Bertz CT molecular complexity index is 535. The minimum Gasteiger partial charge on any atom is -0.301 e. The van der Waals surface area contributed by atoms with E-state index in [9.17, 15) is 13.2 Å². The number of halogens is 3. The van der Waals surface area contributed by atoms with Crippen molar-refractivity contribution in [3.05, 3.63) is 41.2 Å². The van der Waals surface area contributed by atoms with E-state index >= 15 is 0 Å². The van der Waals surface area contributed by atoms with Crippen LogP contribution in [0.3, 0.4) is 0 Å². The number of nitrogens with zero attached hydrogens (tertiary/aromatic N) is 3. The first kappa shape index (κ1) is 14.4. The SMILES string of the molecule is CC(NC(C)c1nn[nH]n1)c1ccc(C(F)(F)F)cc1. The lowest BCUT2D eigenvalue weighted by atomic mass is 10.1. The first-order valence-electron chi connectivity index (χ1n) is 6.04. The number of H-pyrrole nitrogens is 1. The highest BCUT2D eigenvalue weighted by molar-refractivity contribution is 5.26. The van der Waals surface area contributed by atoms with Gasteiger partial charge in [-0.15, -0.1) is 10.2 Å². The van der Waals surface area contributed by atoms with Crippen LogP contribution in [-0.4, -0.2) is 20.6 Å². The van der Waals surface area contributed by atoms with Gasteiger partial charge in [-0.3, -0.25) is 0 Å². The summed E-state index contributed by atoms with van der Waals surface area (Å²) in [5.41, 5.74) is 0.105. The Labute approximate surface area is 113 Å². The number of hydrogen-bond acceptors (Lipinski definition) is 4. The fourth-order valence-electron chi connectivity index (χ4n) is 1.86. The van der Waals surface area contributed by atoms with Crippen molar-refractivity contribution in [2.45, 2.75) is 32.1 Å². The quantitative estimate of drug-likeness (QED) is 0.906. The topological polar surface area (TPSA) is 66.5 Å². The predicted octanol–water partition coefficient (Wildman–Crippen LogP) is 2.63. The predicted molar refractivity (Wildman–Crippen MR) is 65.6 cm³/mol. The summed E-state index contributed by atoms with van der Waals surface area (Å²) < 4.78 is 37.4. The minimum atomic E-state index is -4.31. The molecule has 0 amide bonds. The zero-order valence-electron chi connectivity index (χ0n) is 10.9. The molecule has 2 unspecified atom stereocenters. The number of tetrazole rings is 1. The highest BCUT2D eigenvalue weighted by atomic mass is 19.4. The van der Waals surface area contributed by atoms with E-state index in [2.05, 4.69) is 25.9 Å². The highest BCUT2D eigenvalue weighted by Gasteiger charge is 2.30. The number of nitrogens with one attached hydrogen (secondary N) is 2. The summed E-state index contributed by atoms with van der Waals surface area (Å²) in [6, 6.07) is 4.78. The number of rotatable bonds is 4. The van der Waals surface area contributed by atoms with Crippen LogP contribution >= 0.6 is 0 Å². The average molecular weight is 285 g/mol. The van der Waals surface area contributed by atoms with Crippen molar-refractivity contribution >= 4 is 0 Å². The van der Waals surface area contributed by atoms with Crippen molar-refractivity contribution in [2.75, 3.05) is 0 Å². The second-order valence-electron chi connectivity index (χ2n) is 4.50. The van der Waals surface area contributed by atoms with Gasteiger partial charge in [-0.05, 0) is 31.5 Å². The van der Waals surface area contributed by atoms with Gasteiger partial charge in [-0.1, -0.05) is 17.3 Å². The number of aromatic nitrogens is 4. The molecule has 0 aliphatic heterocycles. The van der Waals surface area contributed by atoms with Crippen LogP contribution in [0.4, 0.5) is 13.2 Å². The normalized spacial score (nSPS) is 15.1. The molecular weight excluding hydrogens is 271 g/mol. The van der Waals surface area contributed by atoms with E-state index in [1.54, 1.807) is 0 Å². The summed E-state index contributed by atoms with van der Waals surface area (Å²) in [4.78, 5) is 0. The zero-order valence-corrected chi connectivity index (χ0v) is 10.9. The molecule has 0 aliphatic carbocycles. The number of aromatic amines is 1. The number of benzene rings is 1. The molecule has 0 radical (unpaired) electrons. The fourth-order valence-corrected chi connectivity index (χ4v) is 1.86. The Kier molecular flexibility index (Phi) is 4.03. The van der Waals surface area contributed by atoms with E-state index < -0.39 is 11.7 Å². The minimum absolute atomic E-state index is 0.134. The average Bonchev–Trinajstić information content (AvgIpc) is 2.91. The molecule has 2 N–H and O–H groups in total. The van der Waals surface area contributed by atoms with E-state index in [1.807, 2.05) is 13.8 Å². The lowest BCUT2D eigenvalue weighted by molar-refractivity contribution is -0.137. The second-order valence-corrected chi connectivity index (χ2v) is 4.50. The Hall–Kier alpha value is -1.96. The standard InChI is InChI=1S/C12H14F3N5/c1-7(16-8(2)11-17-19-20-18-11)9-3-5-10(6-4-9)12(13,14)15/h3-8,16H,1-2H3,(H,17,18,19,20). The number of hydrogen-bond donors (Lipinski definition) is 2. The Morgan fingerprint density at radius 1 is 1.10 bits per heavy atom. The van der Waals surface area contributed by atoms with Crippen LogP contribution < -0.4 is 5.32 Å². The third kappa shape index (κ3) is 3.32. The summed E-state index contributed by atoms with van der Waals surface area (Å²) in [5, 5.41) is 16.7. The van der Waals surface area contributed by atoms with Crippen LogP contribution in [0.5, 0.6) is 0 Å². The Morgan fingerprint density at radius 3 is 2.25 bits per heavy atom. The molecule has 8 heteroatoms. The molecule has 0 spiro atoms. The van der Waals surface area contributed by atoms with Crippen molar-refractivity contribution in [2.24, 2.45) is 0 Å². The van der Waals surface area contributed by atoms with E-state index in [4.69, 9.17) is 0 Å². The number of alkyl halides is 3. The lowest BCUT2D eigenvalue weighted by Gasteiger charge is -2.18. The smallest absolute Gasteiger partial charge is 0.301 e. The summed E-state index contributed by atoms with van der Waals surface area (Å²) in [5.74, 6) is 0.503. The zero-order chi connectivity index (χ0) is 14.8. The van der Waals surface area contributed by atoms with Crippen molar-refractivity contribution in [3.8, 4) is 0 Å². The van der Waals surface area contributed by atoms with Gasteiger partial charge < -0.3 is 5.32 Å². The maximum atomic E-state index is 12.5. The monoisotopic (exact) mass is 285 g/mol. The van der Waals surface area contributed by atoms with Gasteiger partial charge in [0.25, 0.3) is 0 Å². The maximum absolute atomic E-state index is 12.5. The van der Waals surface area contributed by atoms with Gasteiger partial charge in [0.1, 0.15) is 0 Å². The van der Waals surface area contributed by atoms with E-state index in [-0.39, 0.29) is 12.1 Å². The summed E-state index contributed by atoms with van der Waals surface area (Å²) in [6.07, 6.45) is -4.31. The molecule has 1 aromatic heterocycles. The molecule has 1 aromatic carbocycles. The van der Waals surface area contributed by atoms with Crippen LogP contribution in [0.1, 0.15) is 42.9 Å². The van der Waals surface area contributed by atoms with Gasteiger partial charge in [-0.25, -0.2) is 0 Å². The van der Waals surface area contributed by atoms with Crippen molar-refractivity contribution in [1.82, 2.24) is 25.9 Å². The van der Waals surface area contributed by atoms with Crippen LogP contribution in [0.25, 0.3) is 0 Å². The third-order valence-corrected chi connectivity index (χ3v) is 2.99. The molecule has 0 saturated carbocycles. The van der Waals surface area contributed by atoms with Gasteiger partial charge in [0, 0.05) is 6.04 Å². The van der Waals surface area contributed by atoms with Crippen LogP contribution in [-0.2, 0) is 6.18 Å². The summed E-state index contributed by atoms with van der Waals surface area (Å²) in [6.45, 7) is 3.71. The first-order valence-corrected chi connectivity index (χ1v) is 6.04. The summed E-state index contributed by atoms with van der Waals surface area (Å²) in [7, 11) is 0. The Balaban J connectivity index is 2.04. The molecule has 5 nitrogen and oxygen atoms in total. The van der Waals surface area contributed by atoms with Crippen LogP contribution in [0.2, 0.25) is 0 Å². The van der Waals surface area contributed by atoms with E-state index in [0.29, 0.717) is 5.82 Å².